The molecule has 2 N–H and O–H groups in total. The summed E-state index contributed by atoms with van der Waals surface area (Å²) in [6.45, 7) is 2.04. The summed E-state index contributed by atoms with van der Waals surface area (Å²) in [7, 11) is 0. The van der Waals surface area contributed by atoms with Crippen molar-refractivity contribution in [2.75, 3.05) is 5.73 Å². The van der Waals surface area contributed by atoms with Crippen LogP contribution < -0.4 is 5.73 Å². The molecule has 4 rings (SSSR count). The molecule has 6 heteroatoms. The molecule has 0 saturated heterocycles. The van der Waals surface area contributed by atoms with Gasteiger partial charge in [-0.25, -0.2) is 9.97 Å². The standard InChI is InChI=1S/C19H15N5O/c1-12-7-9-13(10-8-12)15-11-21-17(20)16(22-15)19-24-23-18(25-19)14-5-3-2-4-6-14/h2-11H,1H3,(H2,20,21). The number of nitrogens with zero attached hydrogens (tertiary/aromatic N) is 4. The van der Waals surface area contributed by atoms with E-state index in [4.69, 9.17) is 10.2 Å². The van der Waals surface area contributed by atoms with Crippen molar-refractivity contribution >= 4 is 5.82 Å². The monoisotopic (exact) mass is 329 g/mol. The molecule has 4 aromatic rings. The fourth-order valence-corrected chi connectivity index (χ4v) is 2.44. The third kappa shape index (κ3) is 2.97. The Morgan fingerprint density at radius 2 is 1.56 bits per heavy atom. The second-order valence-corrected chi connectivity index (χ2v) is 5.63. The third-order valence-electron chi connectivity index (χ3n) is 3.80. The SMILES string of the molecule is Cc1ccc(-c2cnc(N)c(-c3nnc(-c4ccccc4)o3)n2)cc1. The molecule has 2 aromatic carbocycles. The molecule has 0 atom stereocenters. The highest BCUT2D eigenvalue weighted by Crippen LogP contribution is 2.27. The summed E-state index contributed by atoms with van der Waals surface area (Å²) in [4.78, 5) is 8.79. The highest BCUT2D eigenvalue weighted by molar-refractivity contribution is 5.68. The van der Waals surface area contributed by atoms with E-state index in [0.29, 0.717) is 17.3 Å². The van der Waals surface area contributed by atoms with Crippen molar-refractivity contribution < 1.29 is 4.42 Å². The van der Waals surface area contributed by atoms with Crippen LogP contribution in [0.1, 0.15) is 5.56 Å². The van der Waals surface area contributed by atoms with E-state index in [2.05, 4.69) is 20.2 Å². The van der Waals surface area contributed by atoms with Crippen molar-refractivity contribution in [2.45, 2.75) is 6.92 Å². The van der Waals surface area contributed by atoms with Gasteiger partial charge in [0.25, 0.3) is 5.89 Å². The molecular formula is C19H15N5O. The summed E-state index contributed by atoms with van der Waals surface area (Å²) in [5.74, 6) is 0.912. The summed E-state index contributed by atoms with van der Waals surface area (Å²) in [6, 6.07) is 17.6. The van der Waals surface area contributed by atoms with Crippen LogP contribution in [-0.2, 0) is 0 Å². The van der Waals surface area contributed by atoms with Gasteiger partial charge in [0.15, 0.2) is 11.5 Å². The predicted molar refractivity (Wildman–Crippen MR) is 95.3 cm³/mol. The smallest absolute Gasteiger partial charge is 0.270 e. The summed E-state index contributed by atoms with van der Waals surface area (Å²) in [5, 5.41) is 8.15. The Labute approximate surface area is 144 Å². The second kappa shape index (κ2) is 6.16. The molecule has 2 aromatic heterocycles. The lowest BCUT2D eigenvalue weighted by atomic mass is 10.1. The summed E-state index contributed by atoms with van der Waals surface area (Å²) in [5.41, 5.74) is 10.0. The number of nitrogen functional groups attached to an aromatic ring is 1. The van der Waals surface area contributed by atoms with Crippen LogP contribution in [0.15, 0.2) is 65.2 Å². The summed E-state index contributed by atoms with van der Waals surface area (Å²) >= 11 is 0. The van der Waals surface area contributed by atoms with Crippen LogP contribution in [-0.4, -0.2) is 20.2 Å². The fraction of sp³-hybridized carbons (Fsp3) is 0.0526. The lowest BCUT2D eigenvalue weighted by Gasteiger charge is -2.04. The first kappa shape index (κ1) is 15.0. The average Bonchev–Trinajstić information content (AvgIpc) is 3.14. The number of aryl methyl sites for hydroxylation is 1. The largest absolute Gasteiger partial charge is 0.414 e. The maximum atomic E-state index is 5.97. The summed E-state index contributed by atoms with van der Waals surface area (Å²) in [6.07, 6.45) is 1.64. The molecular weight excluding hydrogens is 314 g/mol. The topological polar surface area (TPSA) is 90.7 Å². The number of rotatable bonds is 3. The number of anilines is 1. The molecule has 0 aliphatic heterocycles. The van der Waals surface area contributed by atoms with Crippen LogP contribution in [0, 0.1) is 6.92 Å². The van der Waals surface area contributed by atoms with Gasteiger partial charge in [-0.2, -0.15) is 0 Å². The third-order valence-corrected chi connectivity index (χ3v) is 3.80. The molecule has 0 fully saturated rings. The second-order valence-electron chi connectivity index (χ2n) is 5.63. The van der Waals surface area contributed by atoms with Crippen molar-refractivity contribution in [3.8, 4) is 34.3 Å². The average molecular weight is 329 g/mol. The Morgan fingerprint density at radius 3 is 2.32 bits per heavy atom. The van der Waals surface area contributed by atoms with E-state index in [9.17, 15) is 0 Å². The molecule has 0 aliphatic rings. The Hall–Kier alpha value is -3.54. The number of hydrogen-bond acceptors (Lipinski definition) is 6. The van der Waals surface area contributed by atoms with Crippen LogP contribution in [0.3, 0.4) is 0 Å². The maximum absolute atomic E-state index is 5.97. The van der Waals surface area contributed by atoms with Crippen molar-refractivity contribution in [1.29, 1.82) is 0 Å². The molecule has 0 saturated carbocycles. The Kier molecular flexibility index (Phi) is 3.70. The van der Waals surface area contributed by atoms with Crippen molar-refractivity contribution in [2.24, 2.45) is 0 Å². The molecule has 25 heavy (non-hydrogen) atoms. The van der Waals surface area contributed by atoms with Crippen LogP contribution in [0.25, 0.3) is 34.3 Å². The predicted octanol–water partition coefficient (Wildman–Crippen LogP) is 3.75. The van der Waals surface area contributed by atoms with E-state index >= 15 is 0 Å². The van der Waals surface area contributed by atoms with Gasteiger partial charge in [-0.1, -0.05) is 48.0 Å². The van der Waals surface area contributed by atoms with E-state index in [1.54, 1.807) is 6.20 Å². The Balaban J connectivity index is 1.74. The van der Waals surface area contributed by atoms with Crippen molar-refractivity contribution in [1.82, 2.24) is 20.2 Å². The van der Waals surface area contributed by atoms with Crippen LogP contribution in [0.4, 0.5) is 5.82 Å². The molecule has 0 bridgehead atoms. The first-order valence-corrected chi connectivity index (χ1v) is 7.79. The lowest BCUT2D eigenvalue weighted by Crippen LogP contribution is -1.99. The van der Waals surface area contributed by atoms with Gasteiger partial charge < -0.3 is 10.2 Å². The van der Waals surface area contributed by atoms with E-state index in [1.807, 2.05) is 61.5 Å². The minimum atomic E-state index is 0.248. The quantitative estimate of drug-likeness (QED) is 0.615. The van der Waals surface area contributed by atoms with Gasteiger partial charge in [0.1, 0.15) is 0 Å². The maximum Gasteiger partial charge on any atom is 0.270 e. The van der Waals surface area contributed by atoms with Crippen LogP contribution in [0.5, 0.6) is 0 Å². The first-order chi connectivity index (χ1) is 12.2. The molecule has 0 radical (unpaired) electrons. The molecule has 0 spiro atoms. The van der Waals surface area contributed by atoms with Gasteiger partial charge in [-0.3, -0.25) is 0 Å². The number of hydrogen-bond donors (Lipinski definition) is 1. The van der Waals surface area contributed by atoms with Gasteiger partial charge in [0.05, 0.1) is 11.9 Å². The highest BCUT2D eigenvalue weighted by atomic mass is 16.4. The molecule has 6 nitrogen and oxygen atoms in total. The van der Waals surface area contributed by atoms with Crippen LogP contribution >= 0.6 is 0 Å². The number of benzene rings is 2. The molecule has 122 valence electrons. The molecule has 2 heterocycles. The molecule has 0 amide bonds. The Morgan fingerprint density at radius 1 is 0.840 bits per heavy atom. The molecule has 0 unspecified atom stereocenters. The van der Waals surface area contributed by atoms with E-state index in [0.717, 1.165) is 11.1 Å². The first-order valence-electron chi connectivity index (χ1n) is 7.79. The fourth-order valence-electron chi connectivity index (χ4n) is 2.44. The zero-order valence-corrected chi connectivity index (χ0v) is 13.5. The zero-order valence-electron chi connectivity index (χ0n) is 13.5. The van der Waals surface area contributed by atoms with Gasteiger partial charge >= 0.3 is 0 Å². The van der Waals surface area contributed by atoms with E-state index in [1.165, 1.54) is 5.56 Å². The highest BCUT2D eigenvalue weighted by Gasteiger charge is 2.16. The van der Waals surface area contributed by atoms with Crippen LogP contribution in [0.2, 0.25) is 0 Å². The van der Waals surface area contributed by atoms with Crippen molar-refractivity contribution in [3.05, 3.63) is 66.4 Å². The van der Waals surface area contributed by atoms with Gasteiger partial charge in [-0.05, 0) is 19.1 Å². The molecule has 0 aliphatic carbocycles. The minimum Gasteiger partial charge on any atom is -0.414 e. The van der Waals surface area contributed by atoms with Crippen molar-refractivity contribution in [3.63, 3.8) is 0 Å². The lowest BCUT2D eigenvalue weighted by molar-refractivity contribution is 0.582. The van der Waals surface area contributed by atoms with E-state index < -0.39 is 0 Å². The van der Waals surface area contributed by atoms with Gasteiger partial charge in [0.2, 0.25) is 5.89 Å². The summed E-state index contributed by atoms with van der Waals surface area (Å²) < 4.78 is 5.74. The van der Waals surface area contributed by atoms with Gasteiger partial charge in [-0.15, -0.1) is 10.2 Å². The van der Waals surface area contributed by atoms with E-state index in [-0.39, 0.29) is 11.7 Å². The normalized spacial score (nSPS) is 10.8. The van der Waals surface area contributed by atoms with Gasteiger partial charge in [0, 0.05) is 11.1 Å². The zero-order chi connectivity index (χ0) is 17.2. The Bertz CT molecular complexity index is 1010. The minimum absolute atomic E-state index is 0.248. The number of aromatic nitrogens is 4. The number of nitrogens with two attached hydrogens (primary N) is 1.